The van der Waals surface area contributed by atoms with Crippen molar-refractivity contribution in [2.45, 2.75) is 6.92 Å². The summed E-state index contributed by atoms with van der Waals surface area (Å²) < 4.78 is 0.162. The molecule has 0 fully saturated rings. The first-order valence-corrected chi connectivity index (χ1v) is 6.83. The molecular weight excluding hydrogens is 371 g/mol. The predicted molar refractivity (Wildman–Crippen MR) is 78.4 cm³/mol. The van der Waals surface area contributed by atoms with Gasteiger partial charge in [0.1, 0.15) is 0 Å². The van der Waals surface area contributed by atoms with E-state index in [0.29, 0.717) is 15.7 Å². The minimum Gasteiger partial charge on any atom is -0.319 e. The van der Waals surface area contributed by atoms with E-state index in [0.717, 1.165) is 4.80 Å². The molecule has 1 amide bonds. The highest BCUT2D eigenvalue weighted by Crippen LogP contribution is 2.26. The van der Waals surface area contributed by atoms with Gasteiger partial charge in [0.25, 0.3) is 11.8 Å². The molecule has 0 saturated heterocycles. The Labute approximate surface area is 132 Å². The number of halogens is 3. The second-order valence-electron chi connectivity index (χ2n) is 3.73. The van der Waals surface area contributed by atoms with Crippen LogP contribution in [0.4, 0.5) is 5.69 Å². The smallest absolute Gasteiger partial charge is 0.279 e. The minimum absolute atomic E-state index is 0.0220. The molecule has 104 valence electrons. The normalized spacial score (nSPS) is 10.4. The van der Waals surface area contributed by atoms with Gasteiger partial charge in [0.2, 0.25) is 0 Å². The molecule has 1 heterocycles. The molecule has 0 atom stereocenters. The lowest BCUT2D eigenvalue weighted by atomic mass is 10.3. The molecule has 1 N–H and O–H groups in total. The fourth-order valence-electron chi connectivity index (χ4n) is 1.34. The number of nitrogens with one attached hydrogen (secondary N) is 1. The lowest BCUT2D eigenvalue weighted by Crippen LogP contribution is -2.15. The van der Waals surface area contributed by atoms with E-state index in [2.05, 4.69) is 31.4 Å². The van der Waals surface area contributed by atoms with Gasteiger partial charge in [0.15, 0.2) is 10.3 Å². The number of carbonyl (C=O) groups excluding carboxylic acids is 2. The number of carbonyl (C=O) groups is 2. The van der Waals surface area contributed by atoms with E-state index in [4.69, 9.17) is 23.2 Å². The topological polar surface area (TPSA) is 76.9 Å². The van der Waals surface area contributed by atoms with Gasteiger partial charge in [-0.25, -0.2) is 0 Å². The fraction of sp³-hybridized carbons (Fsp3) is 0.0909. The van der Waals surface area contributed by atoms with Gasteiger partial charge in [-0.2, -0.15) is 0 Å². The summed E-state index contributed by atoms with van der Waals surface area (Å²) in [7, 11) is 0. The fourth-order valence-corrected chi connectivity index (χ4v) is 2.21. The molecule has 1 aromatic heterocycles. The van der Waals surface area contributed by atoms with Gasteiger partial charge < -0.3 is 5.32 Å². The van der Waals surface area contributed by atoms with Crippen molar-refractivity contribution in [2.24, 2.45) is 0 Å². The van der Waals surface area contributed by atoms with Crippen molar-refractivity contribution in [3.05, 3.63) is 38.5 Å². The molecule has 0 aliphatic rings. The Morgan fingerprint density at radius 2 is 2.00 bits per heavy atom. The zero-order valence-electron chi connectivity index (χ0n) is 10.0. The Morgan fingerprint density at radius 1 is 1.30 bits per heavy atom. The Bertz CT molecular complexity index is 702. The third-order valence-corrected chi connectivity index (χ3v) is 3.33. The van der Waals surface area contributed by atoms with Crippen LogP contribution in [0.15, 0.2) is 22.8 Å². The molecule has 2 rings (SSSR count). The number of amides is 1. The van der Waals surface area contributed by atoms with Crippen LogP contribution >= 0.6 is 39.1 Å². The number of hydrogen-bond acceptors (Lipinski definition) is 4. The van der Waals surface area contributed by atoms with Crippen LogP contribution in [0.1, 0.15) is 22.2 Å². The Balaban J connectivity index is 2.26. The summed E-state index contributed by atoms with van der Waals surface area (Å²) in [5.74, 6) is -0.956. The molecule has 0 spiro atoms. The van der Waals surface area contributed by atoms with E-state index in [1.807, 2.05) is 0 Å². The number of hydrogen-bond donors (Lipinski definition) is 1. The largest absolute Gasteiger partial charge is 0.319 e. The van der Waals surface area contributed by atoms with Gasteiger partial charge in [-0.15, -0.1) is 15.0 Å². The molecule has 0 bridgehead atoms. The van der Waals surface area contributed by atoms with E-state index in [9.17, 15) is 9.59 Å². The average molecular weight is 378 g/mol. The lowest BCUT2D eigenvalue weighted by molar-refractivity contribution is 0.0902. The van der Waals surface area contributed by atoms with Crippen LogP contribution in [-0.4, -0.2) is 26.8 Å². The molecule has 0 radical (unpaired) electrons. The molecular formula is C11H7BrCl2N4O2. The van der Waals surface area contributed by atoms with E-state index in [-0.39, 0.29) is 10.3 Å². The Kier molecular flexibility index (Phi) is 4.42. The summed E-state index contributed by atoms with van der Waals surface area (Å²) in [6.07, 6.45) is 0. The molecule has 0 aliphatic heterocycles. The first kappa shape index (κ1) is 15.0. The van der Waals surface area contributed by atoms with Crippen molar-refractivity contribution < 1.29 is 9.59 Å². The van der Waals surface area contributed by atoms with Crippen molar-refractivity contribution >= 4 is 56.6 Å². The molecule has 2 aromatic rings. The Morgan fingerprint density at radius 3 is 2.55 bits per heavy atom. The van der Waals surface area contributed by atoms with Gasteiger partial charge in [-0.05, 0) is 34.1 Å². The first-order chi connectivity index (χ1) is 9.38. The van der Waals surface area contributed by atoms with E-state index in [1.54, 1.807) is 12.1 Å². The van der Waals surface area contributed by atoms with Gasteiger partial charge in [0.05, 0.1) is 10.7 Å². The maximum Gasteiger partial charge on any atom is 0.279 e. The molecule has 0 unspecified atom stereocenters. The molecule has 0 saturated carbocycles. The highest BCUT2D eigenvalue weighted by molar-refractivity contribution is 9.10. The van der Waals surface area contributed by atoms with Crippen LogP contribution in [0.3, 0.4) is 0 Å². The summed E-state index contributed by atoms with van der Waals surface area (Å²) in [6.45, 7) is 1.28. The van der Waals surface area contributed by atoms with Crippen LogP contribution in [0.5, 0.6) is 0 Å². The van der Waals surface area contributed by atoms with Crippen LogP contribution in [0.25, 0.3) is 0 Å². The molecule has 0 aliphatic carbocycles. The molecule has 20 heavy (non-hydrogen) atoms. The standard InChI is InChI=1S/C11H7BrCl2N4O2/c1-5(19)18-16-9(10(12)17-18)11(20)15-8-3-2-6(13)4-7(8)14/h2-4H,1H3,(H,15,20). The minimum atomic E-state index is -0.548. The van der Waals surface area contributed by atoms with Crippen LogP contribution in [-0.2, 0) is 0 Å². The third-order valence-electron chi connectivity index (χ3n) is 2.25. The molecule has 9 heteroatoms. The van der Waals surface area contributed by atoms with Gasteiger partial charge >= 0.3 is 0 Å². The maximum absolute atomic E-state index is 12.0. The van der Waals surface area contributed by atoms with Crippen LogP contribution in [0, 0.1) is 0 Å². The quantitative estimate of drug-likeness (QED) is 0.871. The number of rotatable bonds is 2. The second kappa shape index (κ2) is 5.90. The number of benzene rings is 1. The maximum atomic E-state index is 12.0. The van der Waals surface area contributed by atoms with E-state index >= 15 is 0 Å². The summed E-state index contributed by atoms with van der Waals surface area (Å²) >= 11 is 14.8. The first-order valence-electron chi connectivity index (χ1n) is 5.28. The molecule has 6 nitrogen and oxygen atoms in total. The lowest BCUT2D eigenvalue weighted by Gasteiger charge is -2.05. The van der Waals surface area contributed by atoms with Gasteiger partial charge in [-0.3, -0.25) is 9.59 Å². The zero-order chi connectivity index (χ0) is 14.9. The number of nitrogens with zero attached hydrogens (tertiary/aromatic N) is 3. The van der Waals surface area contributed by atoms with E-state index < -0.39 is 11.8 Å². The number of anilines is 1. The van der Waals surface area contributed by atoms with Crippen molar-refractivity contribution in [1.82, 2.24) is 15.0 Å². The van der Waals surface area contributed by atoms with Crippen molar-refractivity contribution in [3.63, 3.8) is 0 Å². The van der Waals surface area contributed by atoms with Crippen LogP contribution < -0.4 is 5.32 Å². The highest BCUT2D eigenvalue weighted by Gasteiger charge is 2.19. The van der Waals surface area contributed by atoms with Crippen molar-refractivity contribution in [2.75, 3.05) is 5.32 Å². The second-order valence-corrected chi connectivity index (χ2v) is 5.32. The van der Waals surface area contributed by atoms with Gasteiger partial charge in [0, 0.05) is 11.9 Å². The summed E-state index contributed by atoms with van der Waals surface area (Å²) in [6, 6.07) is 4.65. The average Bonchev–Trinajstić information content (AvgIpc) is 2.75. The zero-order valence-corrected chi connectivity index (χ0v) is 13.1. The summed E-state index contributed by atoms with van der Waals surface area (Å²) in [5, 5.41) is 10.9. The predicted octanol–water partition coefficient (Wildman–Crippen LogP) is 3.26. The van der Waals surface area contributed by atoms with Crippen LogP contribution in [0.2, 0.25) is 10.0 Å². The number of aromatic nitrogens is 3. The third kappa shape index (κ3) is 3.17. The Hall–Kier alpha value is -1.44. The van der Waals surface area contributed by atoms with E-state index in [1.165, 1.54) is 13.0 Å². The summed E-state index contributed by atoms with van der Waals surface area (Å²) in [4.78, 5) is 24.0. The van der Waals surface area contributed by atoms with Crippen molar-refractivity contribution in [3.8, 4) is 0 Å². The highest BCUT2D eigenvalue weighted by atomic mass is 79.9. The van der Waals surface area contributed by atoms with Crippen molar-refractivity contribution in [1.29, 1.82) is 0 Å². The monoisotopic (exact) mass is 376 g/mol. The molecule has 1 aromatic carbocycles. The van der Waals surface area contributed by atoms with Gasteiger partial charge in [-0.1, -0.05) is 23.2 Å². The summed E-state index contributed by atoms with van der Waals surface area (Å²) in [5.41, 5.74) is 0.358. The SMILES string of the molecule is CC(=O)n1nc(Br)c(C(=O)Nc2ccc(Cl)cc2Cl)n1.